The largest absolute Gasteiger partial charge is 0.487 e. The van der Waals surface area contributed by atoms with Crippen LogP contribution in [0.25, 0.3) is 0 Å². The smallest absolute Gasteiger partial charge is 0.256 e. The maximum Gasteiger partial charge on any atom is 0.256 e. The second kappa shape index (κ2) is 8.89. The van der Waals surface area contributed by atoms with Gasteiger partial charge in [0.05, 0.1) is 23.9 Å². The summed E-state index contributed by atoms with van der Waals surface area (Å²) >= 11 is 7.75. The Kier molecular flexibility index (Phi) is 5.88. The number of carbonyl (C=O) groups excluding carboxylic acids is 1. The van der Waals surface area contributed by atoms with E-state index in [0.29, 0.717) is 35.3 Å². The minimum atomic E-state index is -0.225. The Morgan fingerprint density at radius 3 is 2.72 bits per heavy atom. The van der Waals surface area contributed by atoms with Crippen molar-refractivity contribution in [3.8, 4) is 5.75 Å². The van der Waals surface area contributed by atoms with Gasteiger partial charge in [-0.2, -0.15) is 5.10 Å². The highest BCUT2D eigenvalue weighted by Gasteiger charge is 2.11. The molecule has 146 valence electrons. The third-order valence-corrected chi connectivity index (χ3v) is 5.23. The first kappa shape index (κ1) is 19.2. The summed E-state index contributed by atoms with van der Waals surface area (Å²) in [7, 11) is 0. The number of ether oxygens (including phenoxy) is 1. The highest BCUT2D eigenvalue weighted by atomic mass is 35.5. The average Bonchev–Trinajstić information content (AvgIpc) is 3.41. The van der Waals surface area contributed by atoms with Crippen LogP contribution in [-0.4, -0.2) is 20.7 Å². The number of halogens is 1. The molecule has 0 aliphatic carbocycles. The van der Waals surface area contributed by atoms with Crippen LogP contribution in [0.2, 0.25) is 5.02 Å². The lowest BCUT2D eigenvalue weighted by molar-refractivity contribution is 0.102. The van der Waals surface area contributed by atoms with E-state index in [0.717, 1.165) is 11.3 Å². The average molecular weight is 425 g/mol. The Morgan fingerprint density at radius 1 is 1.14 bits per heavy atom. The molecule has 1 N–H and O–H groups in total. The van der Waals surface area contributed by atoms with E-state index in [2.05, 4.69) is 15.4 Å². The first-order chi connectivity index (χ1) is 14.2. The fraction of sp³-hybridized carbons (Fsp3) is 0.0952. The molecule has 0 saturated heterocycles. The number of carbonyl (C=O) groups is 1. The van der Waals surface area contributed by atoms with Gasteiger partial charge in [-0.15, -0.1) is 11.3 Å². The minimum Gasteiger partial charge on any atom is -0.487 e. The number of thiazole rings is 1. The Balaban J connectivity index is 1.39. The zero-order valence-electron chi connectivity index (χ0n) is 15.3. The highest BCUT2D eigenvalue weighted by molar-refractivity contribution is 7.07. The molecule has 4 aromatic rings. The fourth-order valence-electron chi connectivity index (χ4n) is 2.71. The molecular weight excluding hydrogens is 408 g/mol. The van der Waals surface area contributed by atoms with E-state index in [-0.39, 0.29) is 5.91 Å². The number of amides is 1. The lowest BCUT2D eigenvalue weighted by atomic mass is 10.2. The SMILES string of the molecule is O=C(Nc1ccnn1Cc1ccccc1Cl)c1ccc(OCc2cscn2)cc1. The molecule has 2 heterocycles. The lowest BCUT2D eigenvalue weighted by Crippen LogP contribution is -2.16. The van der Waals surface area contributed by atoms with Crippen LogP contribution in [0.4, 0.5) is 5.82 Å². The Morgan fingerprint density at radius 2 is 1.97 bits per heavy atom. The summed E-state index contributed by atoms with van der Waals surface area (Å²) < 4.78 is 7.37. The number of hydrogen-bond acceptors (Lipinski definition) is 5. The third-order valence-electron chi connectivity index (χ3n) is 4.22. The molecule has 0 aliphatic rings. The summed E-state index contributed by atoms with van der Waals surface area (Å²) in [6, 6.07) is 16.3. The van der Waals surface area contributed by atoms with Gasteiger partial charge in [0.2, 0.25) is 0 Å². The van der Waals surface area contributed by atoms with Gasteiger partial charge in [0.25, 0.3) is 5.91 Å². The van der Waals surface area contributed by atoms with Crippen molar-refractivity contribution >= 4 is 34.7 Å². The minimum absolute atomic E-state index is 0.225. The maximum atomic E-state index is 12.6. The molecule has 2 aromatic heterocycles. The predicted octanol–water partition coefficient (Wildman–Crippen LogP) is 4.87. The molecular formula is C21H17ClN4O2S. The molecule has 6 nitrogen and oxygen atoms in total. The zero-order chi connectivity index (χ0) is 20.1. The van der Waals surface area contributed by atoms with Gasteiger partial charge in [-0.25, -0.2) is 9.67 Å². The van der Waals surface area contributed by atoms with Crippen molar-refractivity contribution in [1.29, 1.82) is 0 Å². The Labute approximate surface area is 176 Å². The number of anilines is 1. The standard InChI is InChI=1S/C21H17ClN4O2S/c22-19-4-2-1-3-16(19)11-26-20(9-10-24-26)25-21(27)15-5-7-18(8-6-15)28-12-17-13-29-14-23-17/h1-10,13-14H,11-12H2,(H,25,27). The molecule has 8 heteroatoms. The highest BCUT2D eigenvalue weighted by Crippen LogP contribution is 2.19. The number of nitrogens with zero attached hydrogens (tertiary/aromatic N) is 3. The summed E-state index contributed by atoms with van der Waals surface area (Å²) in [4.78, 5) is 16.8. The summed E-state index contributed by atoms with van der Waals surface area (Å²) in [5.74, 6) is 1.05. The molecule has 0 saturated carbocycles. The van der Waals surface area contributed by atoms with E-state index >= 15 is 0 Å². The van der Waals surface area contributed by atoms with Crippen molar-refractivity contribution in [3.63, 3.8) is 0 Å². The van der Waals surface area contributed by atoms with E-state index in [1.54, 1.807) is 46.7 Å². The van der Waals surface area contributed by atoms with Gasteiger partial charge < -0.3 is 10.1 Å². The maximum absolute atomic E-state index is 12.6. The number of benzene rings is 2. The predicted molar refractivity (Wildman–Crippen MR) is 114 cm³/mol. The lowest BCUT2D eigenvalue weighted by Gasteiger charge is -2.10. The van der Waals surface area contributed by atoms with Crippen LogP contribution in [0.5, 0.6) is 5.75 Å². The second-order valence-corrected chi connectivity index (χ2v) is 7.34. The molecule has 0 unspecified atom stereocenters. The van der Waals surface area contributed by atoms with E-state index in [4.69, 9.17) is 16.3 Å². The van der Waals surface area contributed by atoms with Crippen molar-refractivity contribution in [2.75, 3.05) is 5.32 Å². The van der Waals surface area contributed by atoms with Gasteiger partial charge >= 0.3 is 0 Å². The zero-order valence-corrected chi connectivity index (χ0v) is 16.9. The van der Waals surface area contributed by atoms with Crippen LogP contribution < -0.4 is 10.1 Å². The van der Waals surface area contributed by atoms with Crippen molar-refractivity contribution in [2.45, 2.75) is 13.2 Å². The molecule has 0 radical (unpaired) electrons. The third kappa shape index (κ3) is 4.82. The topological polar surface area (TPSA) is 69.0 Å². The van der Waals surface area contributed by atoms with Crippen molar-refractivity contribution in [2.24, 2.45) is 0 Å². The Bertz CT molecular complexity index is 1090. The molecule has 0 bridgehead atoms. The van der Waals surface area contributed by atoms with Crippen LogP contribution in [0.1, 0.15) is 21.6 Å². The van der Waals surface area contributed by atoms with Crippen LogP contribution in [0.3, 0.4) is 0 Å². The van der Waals surface area contributed by atoms with Crippen LogP contribution >= 0.6 is 22.9 Å². The van der Waals surface area contributed by atoms with E-state index in [1.165, 1.54) is 11.3 Å². The van der Waals surface area contributed by atoms with Crippen LogP contribution in [0.15, 0.2) is 71.7 Å². The molecule has 29 heavy (non-hydrogen) atoms. The van der Waals surface area contributed by atoms with Gasteiger partial charge in [-0.3, -0.25) is 4.79 Å². The summed E-state index contributed by atoms with van der Waals surface area (Å²) in [6.07, 6.45) is 1.64. The van der Waals surface area contributed by atoms with Crippen LogP contribution in [-0.2, 0) is 13.2 Å². The van der Waals surface area contributed by atoms with E-state index in [1.807, 2.05) is 29.6 Å². The number of nitrogens with one attached hydrogen (secondary N) is 1. The first-order valence-corrected chi connectivity index (χ1v) is 10.2. The van der Waals surface area contributed by atoms with E-state index in [9.17, 15) is 4.79 Å². The van der Waals surface area contributed by atoms with Gasteiger partial charge in [-0.05, 0) is 35.9 Å². The normalized spacial score (nSPS) is 10.7. The number of aromatic nitrogens is 3. The van der Waals surface area contributed by atoms with Gasteiger partial charge in [-0.1, -0.05) is 29.8 Å². The van der Waals surface area contributed by atoms with Crippen molar-refractivity contribution < 1.29 is 9.53 Å². The summed E-state index contributed by atoms with van der Waals surface area (Å²) in [5, 5.41) is 9.77. The summed E-state index contributed by atoms with van der Waals surface area (Å²) in [5.41, 5.74) is 4.10. The van der Waals surface area contributed by atoms with Crippen LogP contribution in [0, 0.1) is 0 Å². The molecule has 2 aromatic carbocycles. The monoisotopic (exact) mass is 424 g/mol. The second-order valence-electron chi connectivity index (χ2n) is 6.21. The number of rotatable bonds is 7. The summed E-state index contributed by atoms with van der Waals surface area (Å²) in [6.45, 7) is 0.863. The molecule has 0 fully saturated rings. The first-order valence-electron chi connectivity index (χ1n) is 8.85. The van der Waals surface area contributed by atoms with Gasteiger partial charge in [0.15, 0.2) is 0 Å². The van der Waals surface area contributed by atoms with Gasteiger partial charge in [0.1, 0.15) is 18.2 Å². The quantitative estimate of drug-likeness (QED) is 0.459. The van der Waals surface area contributed by atoms with Gasteiger partial charge in [0, 0.05) is 22.0 Å². The molecule has 1 amide bonds. The molecule has 0 spiro atoms. The van der Waals surface area contributed by atoms with E-state index < -0.39 is 0 Å². The Hall–Kier alpha value is -3.16. The molecule has 0 atom stereocenters. The fourth-order valence-corrected chi connectivity index (χ4v) is 3.45. The number of hydrogen-bond donors (Lipinski definition) is 1. The molecule has 0 aliphatic heterocycles. The molecule has 4 rings (SSSR count). The van der Waals surface area contributed by atoms with Crippen molar-refractivity contribution in [3.05, 3.63) is 93.5 Å². The van der Waals surface area contributed by atoms with Crippen molar-refractivity contribution in [1.82, 2.24) is 14.8 Å².